The van der Waals surface area contributed by atoms with E-state index in [9.17, 15) is 28.6 Å². The molecule has 0 saturated heterocycles. The monoisotopic (exact) mass is 444 g/mol. The van der Waals surface area contributed by atoms with E-state index in [-0.39, 0.29) is 16.9 Å². The van der Waals surface area contributed by atoms with Crippen LogP contribution in [0.15, 0.2) is 53.9 Å². The van der Waals surface area contributed by atoms with Gasteiger partial charge in [0.1, 0.15) is 5.75 Å². The topological polar surface area (TPSA) is 106 Å². The molecule has 4 rings (SSSR count). The molecular weight excluding hydrogens is 426 g/mol. The average molecular weight is 444 g/mol. The van der Waals surface area contributed by atoms with Crippen molar-refractivity contribution < 1.29 is 28.6 Å². The second kappa shape index (κ2) is 8.97. The van der Waals surface area contributed by atoms with E-state index < -0.39 is 23.5 Å². The van der Waals surface area contributed by atoms with Crippen molar-refractivity contribution >= 4 is 34.1 Å². The van der Waals surface area contributed by atoms with Gasteiger partial charge in [-0.2, -0.15) is 0 Å². The van der Waals surface area contributed by atoms with Crippen molar-refractivity contribution in [2.45, 2.75) is 13.5 Å². The molecule has 4 N–H and O–H groups in total. The number of carbonyl (C=O) groups is 2. The summed E-state index contributed by atoms with van der Waals surface area (Å²) in [6.45, 7) is 2.44. The average Bonchev–Trinajstić information content (AvgIpc) is 3.31. The quantitative estimate of drug-likeness (QED) is 0.430. The van der Waals surface area contributed by atoms with Crippen molar-refractivity contribution in [2.75, 3.05) is 0 Å². The largest absolute Gasteiger partial charge is 0.508 e. The summed E-state index contributed by atoms with van der Waals surface area (Å²) in [5, 5.41) is 21.6. The van der Waals surface area contributed by atoms with E-state index in [0.29, 0.717) is 17.6 Å². The number of phenolic OH excluding ortho intramolecular Hbond substituents is 1. The van der Waals surface area contributed by atoms with Gasteiger partial charge in [0.25, 0.3) is 0 Å². The van der Waals surface area contributed by atoms with Crippen LogP contribution in [0.2, 0.25) is 0 Å². The van der Waals surface area contributed by atoms with E-state index in [4.69, 9.17) is 5.73 Å². The summed E-state index contributed by atoms with van der Waals surface area (Å²) in [5.74, 6) is -3.73. The molecule has 9 heteroatoms. The van der Waals surface area contributed by atoms with Crippen molar-refractivity contribution in [1.82, 2.24) is 4.57 Å². The van der Waals surface area contributed by atoms with Crippen molar-refractivity contribution in [3.63, 3.8) is 0 Å². The molecule has 160 valence electrons. The number of thiophene rings is 1. The molecular formula is C22H18F2N2O4S. The molecule has 2 aromatic heterocycles. The number of nitrogens with zero attached hydrogens (tertiary/aromatic N) is 1. The highest BCUT2D eigenvalue weighted by Crippen LogP contribution is 2.30. The van der Waals surface area contributed by atoms with Gasteiger partial charge < -0.3 is 20.5 Å². The number of rotatable bonds is 4. The number of aromatic nitrogens is 1. The maximum absolute atomic E-state index is 12.4. The summed E-state index contributed by atoms with van der Waals surface area (Å²) < 4.78 is 26.6. The molecule has 0 aliphatic carbocycles. The number of benzene rings is 2. The number of phenols is 1. The van der Waals surface area contributed by atoms with Crippen LogP contribution in [0.3, 0.4) is 0 Å². The van der Waals surface area contributed by atoms with Crippen LogP contribution in [0.25, 0.3) is 10.9 Å². The summed E-state index contributed by atoms with van der Waals surface area (Å²) >= 11 is 1.64. The van der Waals surface area contributed by atoms with Crippen molar-refractivity contribution in [3.05, 3.63) is 87.2 Å². The SMILES string of the molecule is Cc1c(C(=O)O)c2cc(O)ccc2n1Cc1cccs1.NC(=O)c1ccc(F)c(F)c1. The lowest BCUT2D eigenvalue weighted by Gasteiger charge is -2.06. The summed E-state index contributed by atoms with van der Waals surface area (Å²) in [7, 11) is 0. The molecule has 0 bridgehead atoms. The number of carboxylic acid groups (broad SMARTS) is 1. The predicted octanol–water partition coefficient (Wildman–Crippen LogP) is 4.53. The van der Waals surface area contributed by atoms with Crippen LogP contribution in [0, 0.1) is 18.6 Å². The van der Waals surface area contributed by atoms with Crippen LogP contribution >= 0.6 is 11.3 Å². The molecule has 0 aliphatic rings. The Morgan fingerprint density at radius 1 is 1.10 bits per heavy atom. The van der Waals surface area contributed by atoms with E-state index in [1.807, 2.05) is 22.1 Å². The molecule has 2 aromatic carbocycles. The number of carbonyl (C=O) groups excluding carboxylic acids is 1. The van der Waals surface area contributed by atoms with E-state index in [0.717, 1.165) is 28.6 Å². The number of fused-ring (bicyclic) bond motifs is 1. The highest BCUT2D eigenvalue weighted by molar-refractivity contribution is 7.09. The number of halogens is 2. The lowest BCUT2D eigenvalue weighted by atomic mass is 10.1. The lowest BCUT2D eigenvalue weighted by Crippen LogP contribution is -2.11. The second-order valence-corrected chi connectivity index (χ2v) is 7.66. The summed E-state index contributed by atoms with van der Waals surface area (Å²) in [6.07, 6.45) is 0. The number of aromatic hydroxyl groups is 1. The van der Waals surface area contributed by atoms with E-state index >= 15 is 0 Å². The van der Waals surface area contributed by atoms with Crippen LogP contribution in [0.5, 0.6) is 5.75 Å². The summed E-state index contributed by atoms with van der Waals surface area (Å²) in [5.41, 5.74) is 6.55. The molecule has 0 atom stereocenters. The zero-order valence-corrected chi connectivity index (χ0v) is 17.1. The number of aromatic carboxylic acids is 1. The zero-order valence-electron chi connectivity index (χ0n) is 16.3. The fourth-order valence-corrected chi connectivity index (χ4v) is 3.84. The molecule has 0 unspecified atom stereocenters. The smallest absolute Gasteiger partial charge is 0.338 e. The van der Waals surface area contributed by atoms with E-state index in [1.54, 1.807) is 30.4 Å². The Labute approximate surface area is 179 Å². The molecule has 0 radical (unpaired) electrons. The van der Waals surface area contributed by atoms with Gasteiger partial charge in [0.05, 0.1) is 12.1 Å². The maximum Gasteiger partial charge on any atom is 0.338 e. The van der Waals surface area contributed by atoms with Crippen molar-refractivity contribution in [2.24, 2.45) is 5.73 Å². The van der Waals surface area contributed by atoms with Gasteiger partial charge >= 0.3 is 5.97 Å². The number of hydrogen-bond donors (Lipinski definition) is 3. The number of amides is 1. The summed E-state index contributed by atoms with van der Waals surface area (Å²) in [4.78, 5) is 23.0. The minimum Gasteiger partial charge on any atom is -0.508 e. The molecule has 31 heavy (non-hydrogen) atoms. The molecule has 0 aliphatic heterocycles. The van der Waals surface area contributed by atoms with Gasteiger partial charge in [-0.3, -0.25) is 4.79 Å². The molecule has 4 aromatic rings. The fraction of sp³-hybridized carbons (Fsp3) is 0.0909. The van der Waals surface area contributed by atoms with Crippen LogP contribution < -0.4 is 5.73 Å². The Morgan fingerprint density at radius 3 is 2.42 bits per heavy atom. The predicted molar refractivity (Wildman–Crippen MR) is 114 cm³/mol. The third-order valence-corrected chi connectivity index (χ3v) is 5.48. The van der Waals surface area contributed by atoms with Crippen LogP contribution in [-0.2, 0) is 6.54 Å². The third-order valence-electron chi connectivity index (χ3n) is 4.62. The Balaban J connectivity index is 0.000000210. The molecule has 0 spiro atoms. The van der Waals surface area contributed by atoms with Crippen LogP contribution in [0.1, 0.15) is 31.3 Å². The van der Waals surface area contributed by atoms with Crippen LogP contribution in [0.4, 0.5) is 8.78 Å². The zero-order chi connectivity index (χ0) is 22.7. The Bertz CT molecular complexity index is 1270. The van der Waals surface area contributed by atoms with E-state index in [1.165, 1.54) is 6.07 Å². The standard InChI is InChI=1S/C15H13NO3S.C7H5F2NO/c1-9-14(15(18)19)12-7-10(17)4-5-13(12)16(9)8-11-3-2-6-20-11;8-5-2-1-4(7(10)11)3-6(5)9/h2-7,17H,8H2,1H3,(H,18,19);1-3H,(H2,10,11). The van der Waals surface area contributed by atoms with E-state index in [2.05, 4.69) is 0 Å². The fourth-order valence-electron chi connectivity index (χ4n) is 3.15. The van der Waals surface area contributed by atoms with Gasteiger partial charge in [-0.15, -0.1) is 11.3 Å². The minimum atomic E-state index is -1.07. The van der Waals surface area contributed by atoms with Crippen molar-refractivity contribution in [1.29, 1.82) is 0 Å². The molecule has 0 saturated carbocycles. The highest BCUT2D eigenvalue weighted by Gasteiger charge is 2.20. The molecule has 1 amide bonds. The normalized spacial score (nSPS) is 10.5. The van der Waals surface area contributed by atoms with Gasteiger partial charge in [-0.1, -0.05) is 6.07 Å². The Morgan fingerprint density at radius 2 is 1.84 bits per heavy atom. The van der Waals surface area contributed by atoms with Gasteiger partial charge in [-0.05, 0) is 54.8 Å². The second-order valence-electron chi connectivity index (χ2n) is 6.63. The summed E-state index contributed by atoms with van der Waals surface area (Å²) in [6, 6.07) is 11.6. The number of hydrogen-bond acceptors (Lipinski definition) is 4. The minimum absolute atomic E-state index is 0.0381. The van der Waals surface area contributed by atoms with Gasteiger partial charge in [0.15, 0.2) is 11.6 Å². The van der Waals surface area contributed by atoms with Crippen LogP contribution in [-0.4, -0.2) is 26.7 Å². The van der Waals surface area contributed by atoms with Crippen molar-refractivity contribution in [3.8, 4) is 5.75 Å². The maximum atomic E-state index is 12.4. The van der Waals surface area contributed by atoms with Gasteiger partial charge in [-0.25, -0.2) is 13.6 Å². The Hall–Kier alpha value is -3.72. The lowest BCUT2D eigenvalue weighted by molar-refractivity contribution is 0.0697. The number of primary amides is 1. The first-order valence-corrected chi connectivity index (χ1v) is 9.89. The van der Waals surface area contributed by atoms with Gasteiger partial charge in [0.2, 0.25) is 5.91 Å². The first kappa shape index (κ1) is 22.0. The third kappa shape index (κ3) is 4.72. The first-order valence-electron chi connectivity index (χ1n) is 9.01. The number of carboxylic acids is 1. The first-order chi connectivity index (χ1) is 14.7. The molecule has 6 nitrogen and oxygen atoms in total. The number of nitrogens with two attached hydrogens (primary N) is 1. The Kier molecular flexibility index (Phi) is 6.36. The molecule has 2 heterocycles. The highest BCUT2D eigenvalue weighted by atomic mass is 32.1. The van der Waals surface area contributed by atoms with Gasteiger partial charge in [0, 0.05) is 27.0 Å². The molecule has 0 fully saturated rings.